The van der Waals surface area contributed by atoms with E-state index in [-0.39, 0.29) is 0 Å². The Morgan fingerprint density at radius 2 is 2.06 bits per heavy atom. The van der Waals surface area contributed by atoms with Crippen LogP contribution in [0.15, 0.2) is 29.2 Å². The predicted octanol–water partition coefficient (Wildman–Crippen LogP) is 2.37. The fourth-order valence-electron chi connectivity index (χ4n) is 1.41. The van der Waals surface area contributed by atoms with Crippen molar-refractivity contribution in [1.29, 1.82) is 0 Å². The van der Waals surface area contributed by atoms with E-state index in [0.29, 0.717) is 6.42 Å². The smallest absolute Gasteiger partial charge is 0.323 e. The van der Waals surface area contributed by atoms with E-state index in [0.717, 1.165) is 22.8 Å². The molecule has 0 saturated carbocycles. The molecular weight excluding hydrogens is 250 g/mol. The molecule has 1 aromatic rings. The van der Waals surface area contributed by atoms with Crippen molar-refractivity contribution >= 4 is 17.7 Å². The van der Waals surface area contributed by atoms with Gasteiger partial charge in [0.2, 0.25) is 0 Å². The van der Waals surface area contributed by atoms with Crippen LogP contribution < -0.4 is 10.5 Å². The Bertz CT molecular complexity index is 390. The number of nitrogens with two attached hydrogens (primary N) is 1. The first-order valence-corrected chi connectivity index (χ1v) is 6.73. The molecule has 0 aromatic heterocycles. The monoisotopic (exact) mass is 269 g/mol. The molecule has 0 aliphatic heterocycles. The van der Waals surface area contributed by atoms with E-state index < -0.39 is 11.5 Å². The topological polar surface area (TPSA) is 72.5 Å². The molecular formula is C13H19NO3S. The maximum Gasteiger partial charge on any atom is 0.323 e. The highest BCUT2D eigenvalue weighted by atomic mass is 32.2. The van der Waals surface area contributed by atoms with Gasteiger partial charge < -0.3 is 15.6 Å². The molecule has 1 aromatic carbocycles. The van der Waals surface area contributed by atoms with E-state index in [4.69, 9.17) is 15.6 Å². The molecule has 100 valence electrons. The number of carboxylic acid groups (broad SMARTS) is 1. The van der Waals surface area contributed by atoms with Crippen molar-refractivity contribution in [1.82, 2.24) is 0 Å². The molecule has 0 radical (unpaired) electrons. The molecule has 0 amide bonds. The van der Waals surface area contributed by atoms with Gasteiger partial charge in [0.25, 0.3) is 0 Å². The summed E-state index contributed by atoms with van der Waals surface area (Å²) < 4.78 is 5.07. The molecule has 1 unspecified atom stereocenters. The molecule has 18 heavy (non-hydrogen) atoms. The van der Waals surface area contributed by atoms with Gasteiger partial charge in [-0.2, -0.15) is 0 Å². The number of hydrogen-bond donors (Lipinski definition) is 2. The molecule has 0 bridgehead atoms. The first-order valence-electron chi connectivity index (χ1n) is 5.75. The quantitative estimate of drug-likeness (QED) is 0.587. The van der Waals surface area contributed by atoms with Crippen molar-refractivity contribution in [3.05, 3.63) is 24.3 Å². The lowest BCUT2D eigenvalue weighted by Crippen LogP contribution is -2.44. The van der Waals surface area contributed by atoms with Gasteiger partial charge >= 0.3 is 5.97 Å². The molecule has 3 N–H and O–H groups in total. The summed E-state index contributed by atoms with van der Waals surface area (Å²) in [6, 6.07) is 7.80. The second kappa shape index (κ2) is 6.66. The van der Waals surface area contributed by atoms with Crippen LogP contribution in [0.4, 0.5) is 0 Å². The van der Waals surface area contributed by atoms with E-state index in [1.54, 1.807) is 25.8 Å². The highest BCUT2D eigenvalue weighted by Crippen LogP contribution is 2.23. The number of carbonyl (C=O) groups is 1. The van der Waals surface area contributed by atoms with Crippen molar-refractivity contribution in [2.24, 2.45) is 5.73 Å². The summed E-state index contributed by atoms with van der Waals surface area (Å²) >= 11 is 1.69. The summed E-state index contributed by atoms with van der Waals surface area (Å²) in [7, 11) is 1.64. The van der Waals surface area contributed by atoms with Gasteiger partial charge in [-0.3, -0.25) is 4.79 Å². The van der Waals surface area contributed by atoms with Crippen LogP contribution in [0.1, 0.15) is 19.8 Å². The predicted molar refractivity (Wildman–Crippen MR) is 73.2 cm³/mol. The molecule has 0 fully saturated rings. The molecule has 0 aliphatic rings. The Hall–Kier alpha value is -1.20. The van der Waals surface area contributed by atoms with Crippen LogP contribution in [0.25, 0.3) is 0 Å². The van der Waals surface area contributed by atoms with Gasteiger partial charge in [-0.1, -0.05) is 0 Å². The van der Waals surface area contributed by atoms with Crippen molar-refractivity contribution in [2.75, 3.05) is 12.9 Å². The molecule has 4 nitrogen and oxygen atoms in total. The van der Waals surface area contributed by atoms with Crippen LogP contribution in [-0.4, -0.2) is 29.5 Å². The fraction of sp³-hybridized carbons (Fsp3) is 0.462. The highest BCUT2D eigenvalue weighted by Gasteiger charge is 2.26. The molecule has 0 saturated heterocycles. The van der Waals surface area contributed by atoms with Crippen molar-refractivity contribution < 1.29 is 14.6 Å². The Balaban J connectivity index is 2.31. The Kier molecular flexibility index (Phi) is 5.50. The van der Waals surface area contributed by atoms with E-state index in [2.05, 4.69) is 0 Å². The Labute approximate surface area is 112 Å². The van der Waals surface area contributed by atoms with E-state index in [9.17, 15) is 4.79 Å². The summed E-state index contributed by atoms with van der Waals surface area (Å²) in [5.74, 6) is 0.739. The van der Waals surface area contributed by atoms with E-state index in [1.807, 2.05) is 24.3 Å². The number of thioether (sulfide) groups is 1. The average Bonchev–Trinajstić information content (AvgIpc) is 2.35. The van der Waals surface area contributed by atoms with Crippen LogP contribution in [0, 0.1) is 0 Å². The molecule has 1 atom stereocenters. The third kappa shape index (κ3) is 4.58. The van der Waals surface area contributed by atoms with Gasteiger partial charge in [-0.05, 0) is 49.8 Å². The third-order valence-corrected chi connectivity index (χ3v) is 3.76. The minimum atomic E-state index is -1.12. The second-order valence-electron chi connectivity index (χ2n) is 4.35. The first-order chi connectivity index (χ1) is 8.45. The lowest BCUT2D eigenvalue weighted by molar-refractivity contribution is -0.142. The summed E-state index contributed by atoms with van der Waals surface area (Å²) in [6.45, 7) is 1.55. The van der Waals surface area contributed by atoms with E-state index in [1.165, 1.54) is 0 Å². The molecule has 0 spiro atoms. The van der Waals surface area contributed by atoms with Crippen molar-refractivity contribution in [2.45, 2.75) is 30.2 Å². The fourth-order valence-corrected chi connectivity index (χ4v) is 2.26. The number of carboxylic acids is 1. The maximum atomic E-state index is 10.8. The summed E-state index contributed by atoms with van der Waals surface area (Å²) in [5.41, 5.74) is 4.53. The van der Waals surface area contributed by atoms with Crippen molar-refractivity contribution in [3.8, 4) is 5.75 Å². The number of ether oxygens (including phenoxy) is 1. The minimum absolute atomic E-state index is 0.478. The van der Waals surface area contributed by atoms with Gasteiger partial charge in [0.15, 0.2) is 0 Å². The standard InChI is InChI=1S/C13H19NO3S/c1-13(14,12(15)16)8-3-9-18-11-6-4-10(17-2)5-7-11/h4-7H,3,8-9,14H2,1-2H3,(H,15,16). The average molecular weight is 269 g/mol. The molecule has 0 heterocycles. The number of hydrogen-bond acceptors (Lipinski definition) is 4. The van der Waals surface area contributed by atoms with Gasteiger partial charge in [-0.25, -0.2) is 0 Å². The van der Waals surface area contributed by atoms with Crippen LogP contribution in [0.5, 0.6) is 5.75 Å². The van der Waals surface area contributed by atoms with Crippen LogP contribution in [0.3, 0.4) is 0 Å². The second-order valence-corrected chi connectivity index (χ2v) is 5.52. The van der Waals surface area contributed by atoms with Crippen LogP contribution >= 0.6 is 11.8 Å². The van der Waals surface area contributed by atoms with E-state index >= 15 is 0 Å². The molecule has 1 rings (SSSR count). The summed E-state index contributed by atoms with van der Waals surface area (Å²) in [5, 5.41) is 8.87. The Morgan fingerprint density at radius 1 is 1.44 bits per heavy atom. The Morgan fingerprint density at radius 3 is 2.56 bits per heavy atom. The number of methoxy groups -OCH3 is 1. The van der Waals surface area contributed by atoms with Crippen LogP contribution in [0.2, 0.25) is 0 Å². The lowest BCUT2D eigenvalue weighted by atomic mass is 9.98. The zero-order valence-corrected chi connectivity index (χ0v) is 11.5. The number of rotatable bonds is 7. The van der Waals surface area contributed by atoms with Gasteiger partial charge in [-0.15, -0.1) is 11.8 Å². The number of aliphatic carboxylic acids is 1. The highest BCUT2D eigenvalue weighted by molar-refractivity contribution is 7.99. The zero-order valence-electron chi connectivity index (χ0n) is 10.7. The maximum absolute atomic E-state index is 10.8. The van der Waals surface area contributed by atoms with Crippen molar-refractivity contribution in [3.63, 3.8) is 0 Å². The summed E-state index contributed by atoms with van der Waals surface area (Å²) in [4.78, 5) is 12.0. The first kappa shape index (κ1) is 14.9. The SMILES string of the molecule is COc1ccc(SCCCC(C)(N)C(=O)O)cc1. The molecule has 0 aliphatic carbocycles. The third-order valence-electron chi connectivity index (χ3n) is 2.66. The van der Waals surface area contributed by atoms with Gasteiger partial charge in [0.1, 0.15) is 11.3 Å². The number of benzene rings is 1. The molecule has 5 heteroatoms. The normalized spacial score (nSPS) is 13.9. The van der Waals surface area contributed by atoms with Crippen LogP contribution in [-0.2, 0) is 4.79 Å². The summed E-state index contributed by atoms with van der Waals surface area (Å²) in [6.07, 6.45) is 1.25. The minimum Gasteiger partial charge on any atom is -0.497 e. The van der Waals surface area contributed by atoms with Gasteiger partial charge in [0, 0.05) is 4.90 Å². The zero-order chi connectivity index (χ0) is 13.6. The van der Waals surface area contributed by atoms with Gasteiger partial charge in [0.05, 0.1) is 7.11 Å². The lowest BCUT2D eigenvalue weighted by Gasteiger charge is -2.18. The largest absolute Gasteiger partial charge is 0.497 e.